The van der Waals surface area contributed by atoms with Gasteiger partial charge in [0.25, 0.3) is 5.91 Å². The number of nitrogens with one attached hydrogen (secondary N) is 1. The first kappa shape index (κ1) is 16.1. The van der Waals surface area contributed by atoms with Crippen LogP contribution < -0.4 is 15.0 Å². The van der Waals surface area contributed by atoms with Gasteiger partial charge in [0.05, 0.1) is 18.5 Å². The molecule has 2 aromatic carbocycles. The van der Waals surface area contributed by atoms with E-state index in [9.17, 15) is 9.59 Å². The summed E-state index contributed by atoms with van der Waals surface area (Å²) < 4.78 is 5.67. The van der Waals surface area contributed by atoms with E-state index in [-0.39, 0.29) is 5.91 Å². The Kier molecular flexibility index (Phi) is 3.39. The molecular formula is C20H14ClN3O3. The lowest BCUT2D eigenvalue weighted by molar-refractivity contribution is -0.123. The molecule has 1 unspecified atom stereocenters. The van der Waals surface area contributed by atoms with Crippen LogP contribution in [0.25, 0.3) is 10.8 Å². The molecule has 0 bridgehead atoms. The second-order valence-corrected chi connectivity index (χ2v) is 7.03. The molecule has 1 aromatic heterocycles. The summed E-state index contributed by atoms with van der Waals surface area (Å²) in [5.41, 5.74) is -0.148. The number of ether oxygens (including phenoxy) is 1. The van der Waals surface area contributed by atoms with E-state index < -0.39 is 11.6 Å². The predicted octanol–water partition coefficient (Wildman–Crippen LogP) is 3.62. The number of hydrogen-bond donors (Lipinski definition) is 1. The Morgan fingerprint density at radius 1 is 1.15 bits per heavy atom. The average molecular weight is 380 g/mol. The minimum absolute atomic E-state index is 0.322. The Morgan fingerprint density at radius 3 is 2.89 bits per heavy atom. The molecule has 0 aliphatic carbocycles. The van der Waals surface area contributed by atoms with Crippen molar-refractivity contribution in [2.45, 2.75) is 12.0 Å². The van der Waals surface area contributed by atoms with Gasteiger partial charge in [-0.25, -0.2) is 9.69 Å². The van der Waals surface area contributed by atoms with Crippen LogP contribution in [0.5, 0.6) is 5.75 Å². The van der Waals surface area contributed by atoms with E-state index in [1.165, 1.54) is 11.1 Å². The van der Waals surface area contributed by atoms with Gasteiger partial charge in [0.1, 0.15) is 5.75 Å². The fourth-order valence-electron chi connectivity index (χ4n) is 3.83. The number of amides is 3. The van der Waals surface area contributed by atoms with Crippen LogP contribution in [0.1, 0.15) is 12.0 Å². The molecule has 1 saturated heterocycles. The number of aromatic nitrogens is 1. The molecule has 0 saturated carbocycles. The molecule has 2 aliphatic heterocycles. The van der Waals surface area contributed by atoms with Gasteiger partial charge in [0.15, 0.2) is 5.54 Å². The Bertz CT molecular complexity index is 1110. The monoisotopic (exact) mass is 379 g/mol. The number of halogens is 1. The van der Waals surface area contributed by atoms with Crippen LogP contribution in [-0.4, -0.2) is 23.5 Å². The number of urea groups is 1. The van der Waals surface area contributed by atoms with Crippen LogP contribution in [0.3, 0.4) is 0 Å². The summed E-state index contributed by atoms with van der Waals surface area (Å²) in [7, 11) is 0. The van der Waals surface area contributed by atoms with Gasteiger partial charge in [-0.1, -0.05) is 35.9 Å². The maximum Gasteiger partial charge on any atom is 0.330 e. The van der Waals surface area contributed by atoms with Crippen molar-refractivity contribution in [1.82, 2.24) is 10.3 Å². The highest BCUT2D eigenvalue weighted by Gasteiger charge is 2.55. The lowest BCUT2D eigenvalue weighted by atomic mass is 9.84. The summed E-state index contributed by atoms with van der Waals surface area (Å²) in [5.74, 6) is 0.203. The summed E-state index contributed by atoms with van der Waals surface area (Å²) in [6, 6.07) is 12.1. The topological polar surface area (TPSA) is 71.5 Å². The third-order valence-corrected chi connectivity index (χ3v) is 5.35. The lowest BCUT2D eigenvalue weighted by Gasteiger charge is -2.33. The highest BCUT2D eigenvalue weighted by molar-refractivity contribution is 6.31. The highest BCUT2D eigenvalue weighted by atomic mass is 35.5. The first-order valence-corrected chi connectivity index (χ1v) is 8.90. The smallest absolute Gasteiger partial charge is 0.330 e. The minimum atomic E-state index is -1.19. The molecule has 1 spiro atoms. The summed E-state index contributed by atoms with van der Waals surface area (Å²) in [6.45, 7) is 0.322. The molecule has 1 fully saturated rings. The van der Waals surface area contributed by atoms with E-state index in [0.717, 1.165) is 10.8 Å². The van der Waals surface area contributed by atoms with Gasteiger partial charge in [-0.3, -0.25) is 9.78 Å². The van der Waals surface area contributed by atoms with E-state index >= 15 is 0 Å². The molecule has 2 aliphatic rings. The summed E-state index contributed by atoms with van der Waals surface area (Å²) in [6.07, 6.45) is 3.58. The maximum atomic E-state index is 13.5. The SMILES string of the molecule is O=C1NC2(CCOc3ccc(Cl)cc32)C(=O)N1c1cncc2ccccc12. The molecule has 6 nitrogen and oxygen atoms in total. The van der Waals surface area contributed by atoms with Crippen molar-refractivity contribution in [1.29, 1.82) is 0 Å². The molecule has 3 amide bonds. The number of benzene rings is 2. The second-order valence-electron chi connectivity index (χ2n) is 6.59. The normalized spacial score (nSPS) is 21.3. The third-order valence-electron chi connectivity index (χ3n) is 5.12. The zero-order valence-electron chi connectivity index (χ0n) is 14.1. The van der Waals surface area contributed by atoms with Crippen LogP contribution in [0, 0.1) is 0 Å². The minimum Gasteiger partial charge on any atom is -0.493 e. The predicted molar refractivity (Wildman–Crippen MR) is 101 cm³/mol. The molecule has 3 aromatic rings. The Labute approximate surface area is 159 Å². The summed E-state index contributed by atoms with van der Waals surface area (Å²) in [5, 5.41) is 5.00. The molecule has 1 atom stereocenters. The molecule has 27 heavy (non-hydrogen) atoms. The zero-order chi connectivity index (χ0) is 18.6. The van der Waals surface area contributed by atoms with Gasteiger partial charge >= 0.3 is 6.03 Å². The number of anilines is 1. The van der Waals surface area contributed by atoms with Crippen molar-refractivity contribution in [3.8, 4) is 5.75 Å². The average Bonchev–Trinajstić information content (AvgIpc) is 2.92. The van der Waals surface area contributed by atoms with E-state index in [1.54, 1.807) is 24.4 Å². The standard InChI is InChI=1S/C20H14ClN3O3/c21-13-5-6-17-15(9-13)20(7-8-27-17)18(25)24(19(26)23-20)16-11-22-10-12-3-1-2-4-14(12)16/h1-6,9-11H,7-8H2,(H,23,26). The van der Waals surface area contributed by atoms with Crippen molar-refractivity contribution in [3.63, 3.8) is 0 Å². The lowest BCUT2D eigenvalue weighted by Crippen LogP contribution is -2.47. The molecule has 5 rings (SSSR count). The van der Waals surface area contributed by atoms with Crippen LogP contribution in [0.15, 0.2) is 54.9 Å². The molecule has 134 valence electrons. The number of fused-ring (bicyclic) bond motifs is 3. The highest BCUT2D eigenvalue weighted by Crippen LogP contribution is 2.44. The Morgan fingerprint density at radius 2 is 2.00 bits per heavy atom. The van der Waals surface area contributed by atoms with Crippen molar-refractivity contribution in [3.05, 3.63) is 65.4 Å². The van der Waals surface area contributed by atoms with Crippen molar-refractivity contribution in [2.24, 2.45) is 0 Å². The van der Waals surface area contributed by atoms with Gasteiger partial charge in [-0.15, -0.1) is 0 Å². The summed E-state index contributed by atoms with van der Waals surface area (Å²) in [4.78, 5) is 31.8. The van der Waals surface area contributed by atoms with Gasteiger partial charge in [0, 0.05) is 34.0 Å². The first-order chi connectivity index (χ1) is 13.1. The number of carbonyl (C=O) groups excluding carboxylic acids is 2. The quantitative estimate of drug-likeness (QED) is 0.655. The van der Waals surface area contributed by atoms with Crippen molar-refractivity contribution < 1.29 is 14.3 Å². The maximum absolute atomic E-state index is 13.5. The number of imide groups is 1. The fraction of sp³-hybridized carbons (Fsp3) is 0.150. The fourth-order valence-corrected chi connectivity index (χ4v) is 4.01. The van der Waals surface area contributed by atoms with Gasteiger partial charge < -0.3 is 10.1 Å². The molecular weight excluding hydrogens is 366 g/mol. The molecule has 7 heteroatoms. The van der Waals surface area contributed by atoms with Crippen LogP contribution in [0.4, 0.5) is 10.5 Å². The third kappa shape index (κ3) is 2.23. The Hall–Kier alpha value is -3.12. The number of hydrogen-bond acceptors (Lipinski definition) is 4. The van der Waals surface area contributed by atoms with Gasteiger partial charge in [-0.2, -0.15) is 0 Å². The largest absolute Gasteiger partial charge is 0.493 e. The molecule has 1 N–H and O–H groups in total. The van der Waals surface area contributed by atoms with Crippen LogP contribution >= 0.6 is 11.6 Å². The van der Waals surface area contributed by atoms with E-state index in [0.29, 0.717) is 35.1 Å². The number of rotatable bonds is 1. The van der Waals surface area contributed by atoms with E-state index in [2.05, 4.69) is 10.3 Å². The van der Waals surface area contributed by atoms with Gasteiger partial charge in [0.2, 0.25) is 0 Å². The van der Waals surface area contributed by atoms with Crippen LogP contribution in [-0.2, 0) is 10.3 Å². The van der Waals surface area contributed by atoms with E-state index in [4.69, 9.17) is 16.3 Å². The first-order valence-electron chi connectivity index (χ1n) is 8.52. The summed E-state index contributed by atoms with van der Waals surface area (Å²) >= 11 is 6.15. The number of nitrogens with zero attached hydrogens (tertiary/aromatic N) is 2. The zero-order valence-corrected chi connectivity index (χ0v) is 14.9. The van der Waals surface area contributed by atoms with Gasteiger partial charge in [-0.05, 0) is 18.2 Å². The van der Waals surface area contributed by atoms with Crippen molar-refractivity contribution in [2.75, 3.05) is 11.5 Å². The van der Waals surface area contributed by atoms with Crippen molar-refractivity contribution >= 4 is 40.0 Å². The van der Waals surface area contributed by atoms with Crippen LogP contribution in [0.2, 0.25) is 5.02 Å². The molecule has 3 heterocycles. The second kappa shape index (κ2) is 5.69. The molecule has 0 radical (unpaired) electrons. The number of pyridine rings is 1. The Balaban J connectivity index is 1.68. The van der Waals surface area contributed by atoms with E-state index in [1.807, 2.05) is 24.3 Å². The number of carbonyl (C=O) groups is 2.